The van der Waals surface area contributed by atoms with Crippen molar-refractivity contribution in [2.75, 3.05) is 11.6 Å². The number of thioether (sulfide) groups is 1. The highest BCUT2D eigenvalue weighted by molar-refractivity contribution is 7.98. The van der Waals surface area contributed by atoms with Gasteiger partial charge in [0.1, 0.15) is 23.7 Å². The fourth-order valence-electron chi connectivity index (χ4n) is 4.55. The van der Waals surface area contributed by atoms with E-state index in [0.717, 1.165) is 28.0 Å². The Labute approximate surface area is 205 Å². The smallest absolute Gasteiger partial charge is 0.227 e. The zero-order valence-electron chi connectivity index (χ0n) is 18.4. The average Bonchev–Trinajstić information content (AvgIpc) is 3.27. The molecule has 3 heterocycles. The molecule has 0 fully saturated rings. The third kappa shape index (κ3) is 3.47. The van der Waals surface area contributed by atoms with Gasteiger partial charge in [0.05, 0.1) is 5.70 Å². The maximum absolute atomic E-state index is 13.8. The van der Waals surface area contributed by atoms with Crippen molar-refractivity contribution in [1.29, 1.82) is 0 Å². The number of aromatic nitrogens is 3. The van der Waals surface area contributed by atoms with Crippen molar-refractivity contribution in [3.05, 3.63) is 105 Å². The number of benzene rings is 3. The number of aryl methyl sites for hydroxylation is 1. The van der Waals surface area contributed by atoms with Crippen molar-refractivity contribution >= 4 is 35.0 Å². The molecule has 0 saturated carbocycles. The van der Waals surface area contributed by atoms with Gasteiger partial charge in [-0.3, -0.25) is 0 Å². The summed E-state index contributed by atoms with van der Waals surface area (Å²) in [5, 5.41) is 9.57. The molecular weight excluding hydrogens is 471 g/mol. The number of fused-ring (bicyclic) bond motifs is 3. The Balaban J connectivity index is 1.63. The van der Waals surface area contributed by atoms with Crippen molar-refractivity contribution in [3.8, 4) is 5.75 Å². The summed E-state index contributed by atoms with van der Waals surface area (Å²) in [5.74, 6) is 1.06. The van der Waals surface area contributed by atoms with Crippen LogP contribution < -0.4 is 10.1 Å². The van der Waals surface area contributed by atoms with Crippen LogP contribution in [-0.4, -0.2) is 21.0 Å². The first kappa shape index (κ1) is 21.3. The van der Waals surface area contributed by atoms with E-state index >= 15 is 0 Å². The van der Waals surface area contributed by atoms with Gasteiger partial charge in [-0.1, -0.05) is 65.3 Å². The SMILES string of the molecule is CSc1nc2n(n1)[C@H](c1ccc(C)cc1)C1=C(N2)c2cc(Cl)ccc2O[C@@H]1c1ccc(F)cc1. The maximum atomic E-state index is 13.8. The Morgan fingerprint density at radius 1 is 1.03 bits per heavy atom. The second kappa shape index (κ2) is 8.18. The van der Waals surface area contributed by atoms with E-state index in [1.165, 1.54) is 29.5 Å². The van der Waals surface area contributed by atoms with Gasteiger partial charge >= 0.3 is 0 Å². The lowest BCUT2D eigenvalue weighted by molar-refractivity contribution is 0.223. The van der Waals surface area contributed by atoms with Crippen LogP contribution in [0.15, 0.2) is 77.5 Å². The molecule has 5 nitrogen and oxygen atoms in total. The fraction of sp³-hybridized carbons (Fsp3) is 0.154. The van der Waals surface area contributed by atoms with E-state index in [-0.39, 0.29) is 11.9 Å². The van der Waals surface area contributed by atoms with Crippen LogP contribution in [0.25, 0.3) is 5.70 Å². The van der Waals surface area contributed by atoms with Crippen molar-refractivity contribution in [2.24, 2.45) is 0 Å². The Hall–Kier alpha value is -3.29. The van der Waals surface area contributed by atoms with Gasteiger partial charge in [-0.15, -0.1) is 5.10 Å². The van der Waals surface area contributed by atoms with Crippen molar-refractivity contribution in [1.82, 2.24) is 14.8 Å². The molecule has 0 spiro atoms. The van der Waals surface area contributed by atoms with Gasteiger partial charge in [0.2, 0.25) is 11.1 Å². The number of halogens is 2. The summed E-state index contributed by atoms with van der Waals surface area (Å²) >= 11 is 7.88. The van der Waals surface area contributed by atoms with Crippen LogP contribution in [0.2, 0.25) is 5.02 Å². The molecule has 170 valence electrons. The van der Waals surface area contributed by atoms with Crippen LogP contribution in [0, 0.1) is 12.7 Å². The maximum Gasteiger partial charge on any atom is 0.227 e. The lowest BCUT2D eigenvalue weighted by Crippen LogP contribution is -2.32. The molecular formula is C26H20ClFN4OS. The van der Waals surface area contributed by atoms with Crippen LogP contribution in [0.3, 0.4) is 0 Å². The first-order valence-corrected chi connectivity index (χ1v) is 12.4. The number of anilines is 1. The summed E-state index contributed by atoms with van der Waals surface area (Å²) < 4.78 is 22.3. The van der Waals surface area contributed by atoms with E-state index in [9.17, 15) is 4.39 Å². The zero-order valence-corrected chi connectivity index (χ0v) is 20.0. The summed E-state index contributed by atoms with van der Waals surface area (Å²) in [4.78, 5) is 4.70. The highest BCUT2D eigenvalue weighted by Crippen LogP contribution is 2.51. The van der Waals surface area contributed by atoms with Gasteiger partial charge in [-0.25, -0.2) is 9.07 Å². The summed E-state index contributed by atoms with van der Waals surface area (Å²) in [6, 6.07) is 20.1. The predicted molar refractivity (Wildman–Crippen MR) is 133 cm³/mol. The zero-order chi connectivity index (χ0) is 23.4. The lowest BCUT2D eigenvalue weighted by atomic mass is 9.84. The number of rotatable bonds is 3. The average molecular weight is 491 g/mol. The quantitative estimate of drug-likeness (QED) is 0.325. The summed E-state index contributed by atoms with van der Waals surface area (Å²) in [6.07, 6.45) is 1.49. The van der Waals surface area contributed by atoms with Gasteiger partial charge < -0.3 is 10.1 Å². The molecule has 34 heavy (non-hydrogen) atoms. The molecule has 2 aliphatic heterocycles. The minimum Gasteiger partial charge on any atom is -0.480 e. The molecule has 0 radical (unpaired) electrons. The first-order chi connectivity index (χ1) is 16.5. The molecule has 0 bridgehead atoms. The van der Waals surface area contributed by atoms with E-state index in [1.807, 2.05) is 29.1 Å². The minimum absolute atomic E-state index is 0.276. The van der Waals surface area contributed by atoms with Crippen LogP contribution in [0.5, 0.6) is 5.75 Å². The third-order valence-corrected chi connectivity index (χ3v) is 6.94. The molecule has 0 aliphatic carbocycles. The Kier molecular flexibility index (Phi) is 5.12. The largest absolute Gasteiger partial charge is 0.480 e. The third-order valence-electron chi connectivity index (χ3n) is 6.16. The Morgan fingerprint density at radius 2 is 1.76 bits per heavy atom. The van der Waals surface area contributed by atoms with Gasteiger partial charge in [0.15, 0.2) is 0 Å². The lowest BCUT2D eigenvalue weighted by Gasteiger charge is -2.39. The monoisotopic (exact) mass is 490 g/mol. The van der Waals surface area contributed by atoms with E-state index in [0.29, 0.717) is 21.9 Å². The molecule has 1 N–H and O–H groups in total. The molecule has 1 aromatic heterocycles. The topological polar surface area (TPSA) is 52.0 Å². The van der Waals surface area contributed by atoms with E-state index in [1.54, 1.807) is 12.1 Å². The second-order valence-corrected chi connectivity index (χ2v) is 9.53. The molecule has 8 heteroatoms. The molecule has 4 aromatic rings. The predicted octanol–water partition coefficient (Wildman–Crippen LogP) is 6.66. The number of hydrogen-bond acceptors (Lipinski definition) is 5. The van der Waals surface area contributed by atoms with Crippen LogP contribution in [0.1, 0.15) is 34.4 Å². The van der Waals surface area contributed by atoms with Crippen molar-refractivity contribution < 1.29 is 9.13 Å². The van der Waals surface area contributed by atoms with Crippen molar-refractivity contribution in [3.63, 3.8) is 0 Å². The number of nitrogens with zero attached hydrogens (tertiary/aromatic N) is 3. The highest BCUT2D eigenvalue weighted by atomic mass is 35.5. The summed E-state index contributed by atoms with van der Waals surface area (Å²) in [6.45, 7) is 2.06. The Morgan fingerprint density at radius 3 is 2.50 bits per heavy atom. The summed E-state index contributed by atoms with van der Waals surface area (Å²) in [5.41, 5.74) is 5.79. The standard InChI is InChI=1S/C26H20ClFN4OS/c1-14-3-5-15(6-4-14)23-21-22(29-25-30-26(34-2)31-32(23)25)19-13-17(27)9-12-20(19)33-24(21)16-7-10-18(28)11-8-16/h3-13,23-24H,1-2H3,(H,29,30,31)/t23-,24-/m1/s1. The highest BCUT2D eigenvalue weighted by Gasteiger charge is 2.41. The normalized spacial score (nSPS) is 18.5. The van der Waals surface area contributed by atoms with Gasteiger partial charge in [0.25, 0.3) is 0 Å². The second-order valence-electron chi connectivity index (χ2n) is 8.33. The molecule has 6 rings (SSSR count). The molecule has 0 unspecified atom stereocenters. The van der Waals surface area contributed by atoms with Gasteiger partial charge in [0, 0.05) is 16.2 Å². The van der Waals surface area contributed by atoms with Crippen LogP contribution >= 0.6 is 23.4 Å². The molecule has 0 amide bonds. The first-order valence-electron chi connectivity index (χ1n) is 10.8. The molecule has 0 saturated heterocycles. The van der Waals surface area contributed by atoms with Crippen LogP contribution in [0.4, 0.5) is 10.3 Å². The number of ether oxygens (including phenoxy) is 1. The van der Waals surface area contributed by atoms with Crippen molar-refractivity contribution in [2.45, 2.75) is 24.2 Å². The van der Waals surface area contributed by atoms with E-state index in [2.05, 4.69) is 36.5 Å². The fourth-order valence-corrected chi connectivity index (χ4v) is 5.07. The van der Waals surface area contributed by atoms with Crippen LogP contribution in [-0.2, 0) is 0 Å². The summed E-state index contributed by atoms with van der Waals surface area (Å²) in [7, 11) is 0. The minimum atomic E-state index is -0.460. The van der Waals surface area contributed by atoms with E-state index in [4.69, 9.17) is 26.4 Å². The number of hydrogen-bond donors (Lipinski definition) is 1. The molecule has 2 atom stereocenters. The molecule has 2 aliphatic rings. The molecule has 3 aromatic carbocycles. The van der Waals surface area contributed by atoms with Gasteiger partial charge in [-0.05, 0) is 54.6 Å². The van der Waals surface area contributed by atoms with E-state index < -0.39 is 6.10 Å². The number of nitrogens with one attached hydrogen (secondary N) is 1. The Bertz CT molecular complexity index is 1430. The van der Waals surface area contributed by atoms with Gasteiger partial charge in [-0.2, -0.15) is 4.98 Å².